The van der Waals surface area contributed by atoms with Crippen LogP contribution < -0.4 is 9.64 Å². The maximum absolute atomic E-state index is 13.0. The smallest absolute Gasteiger partial charge is 0.338 e. The van der Waals surface area contributed by atoms with E-state index in [2.05, 4.69) is 0 Å². The number of esters is 1. The number of nitro groups is 2. The van der Waals surface area contributed by atoms with Gasteiger partial charge in [-0.3, -0.25) is 29.8 Å². The number of amides is 2. The molecule has 5 rings (SSSR count). The maximum Gasteiger partial charge on any atom is 0.338 e. The Bertz CT molecular complexity index is 1680. The first-order valence-corrected chi connectivity index (χ1v) is 11.7. The zero-order chi connectivity index (χ0) is 28.4. The lowest BCUT2D eigenvalue weighted by atomic mass is 10.1. The lowest BCUT2D eigenvalue weighted by molar-refractivity contribution is -0.385. The Morgan fingerprint density at radius 2 is 1.35 bits per heavy atom. The summed E-state index contributed by atoms with van der Waals surface area (Å²) < 4.78 is 11.0. The van der Waals surface area contributed by atoms with Crippen molar-refractivity contribution in [2.45, 2.75) is 6.61 Å². The minimum absolute atomic E-state index is 0.0151. The van der Waals surface area contributed by atoms with Crippen LogP contribution in [0.25, 0.3) is 0 Å². The zero-order valence-corrected chi connectivity index (χ0v) is 20.4. The molecule has 12 heteroatoms. The number of fused-ring (bicyclic) bond motifs is 1. The molecule has 0 aliphatic carbocycles. The van der Waals surface area contributed by atoms with E-state index in [0.29, 0.717) is 17.1 Å². The first-order chi connectivity index (χ1) is 19.2. The van der Waals surface area contributed by atoms with E-state index >= 15 is 0 Å². The summed E-state index contributed by atoms with van der Waals surface area (Å²) in [5.74, 6) is -1.20. The van der Waals surface area contributed by atoms with Crippen LogP contribution in [-0.4, -0.2) is 27.6 Å². The second-order valence-corrected chi connectivity index (χ2v) is 8.56. The lowest BCUT2D eigenvalue weighted by Crippen LogP contribution is -2.29. The minimum Gasteiger partial charge on any atom is -0.457 e. The SMILES string of the molecule is O=C(OCc1ccc(Oc2ccc([N+](=O)[O-])cc2)cc1)c1ccc2c(c1)C(=O)N(c1cccc([N+](=O)[O-])c1)C2=O. The number of ether oxygens (including phenoxy) is 2. The molecule has 1 aliphatic rings. The fraction of sp³-hybridized carbons (Fsp3) is 0.0357. The number of hydrogen-bond acceptors (Lipinski definition) is 9. The maximum atomic E-state index is 13.0. The second-order valence-electron chi connectivity index (χ2n) is 8.56. The summed E-state index contributed by atoms with van der Waals surface area (Å²) in [7, 11) is 0. The fourth-order valence-corrected chi connectivity index (χ4v) is 4.01. The molecule has 0 fully saturated rings. The molecule has 0 N–H and O–H groups in total. The van der Waals surface area contributed by atoms with E-state index in [1.54, 1.807) is 24.3 Å². The number of carbonyl (C=O) groups is 3. The van der Waals surface area contributed by atoms with Gasteiger partial charge in [-0.15, -0.1) is 0 Å². The second kappa shape index (κ2) is 10.5. The highest BCUT2D eigenvalue weighted by molar-refractivity contribution is 6.34. The number of carbonyl (C=O) groups excluding carboxylic acids is 3. The Balaban J connectivity index is 1.23. The molecule has 0 unspecified atom stereocenters. The summed E-state index contributed by atoms with van der Waals surface area (Å²) in [6.45, 7) is -0.0829. The van der Waals surface area contributed by atoms with Crippen molar-refractivity contribution in [3.63, 3.8) is 0 Å². The van der Waals surface area contributed by atoms with Crippen LogP contribution in [0, 0.1) is 20.2 Å². The molecule has 1 aliphatic heterocycles. The molecule has 1 heterocycles. The first kappa shape index (κ1) is 25.7. The van der Waals surface area contributed by atoms with Crippen molar-refractivity contribution in [2.24, 2.45) is 0 Å². The molecule has 0 atom stereocenters. The summed E-state index contributed by atoms with van der Waals surface area (Å²) in [4.78, 5) is 60.1. The van der Waals surface area contributed by atoms with Crippen molar-refractivity contribution in [1.29, 1.82) is 0 Å². The number of imide groups is 1. The van der Waals surface area contributed by atoms with Crippen LogP contribution >= 0.6 is 0 Å². The van der Waals surface area contributed by atoms with E-state index < -0.39 is 27.6 Å². The van der Waals surface area contributed by atoms with Crippen LogP contribution in [0.2, 0.25) is 0 Å². The molecule has 2 amide bonds. The Labute approximate surface area is 225 Å². The van der Waals surface area contributed by atoms with E-state index in [0.717, 1.165) is 11.0 Å². The monoisotopic (exact) mass is 539 g/mol. The van der Waals surface area contributed by atoms with Crippen molar-refractivity contribution in [2.75, 3.05) is 4.90 Å². The first-order valence-electron chi connectivity index (χ1n) is 11.7. The van der Waals surface area contributed by atoms with Crippen molar-refractivity contribution >= 4 is 34.8 Å². The summed E-state index contributed by atoms with van der Waals surface area (Å²) >= 11 is 0. The predicted molar refractivity (Wildman–Crippen MR) is 139 cm³/mol. The van der Waals surface area contributed by atoms with Gasteiger partial charge in [-0.25, -0.2) is 9.69 Å². The average Bonchev–Trinajstić information content (AvgIpc) is 3.21. The van der Waals surface area contributed by atoms with Gasteiger partial charge < -0.3 is 9.47 Å². The molecule has 4 aromatic rings. The Morgan fingerprint density at radius 3 is 2.00 bits per heavy atom. The van der Waals surface area contributed by atoms with Gasteiger partial charge in [0, 0.05) is 24.3 Å². The van der Waals surface area contributed by atoms with Crippen LogP contribution in [0.5, 0.6) is 11.5 Å². The van der Waals surface area contributed by atoms with Crippen molar-refractivity contribution in [3.8, 4) is 11.5 Å². The van der Waals surface area contributed by atoms with Gasteiger partial charge in [0.05, 0.1) is 32.2 Å². The normalized spacial score (nSPS) is 12.2. The van der Waals surface area contributed by atoms with Crippen LogP contribution in [0.3, 0.4) is 0 Å². The largest absolute Gasteiger partial charge is 0.457 e. The van der Waals surface area contributed by atoms with Gasteiger partial charge >= 0.3 is 5.97 Å². The van der Waals surface area contributed by atoms with Crippen LogP contribution in [-0.2, 0) is 11.3 Å². The number of nitrogens with zero attached hydrogens (tertiary/aromatic N) is 3. The van der Waals surface area contributed by atoms with Crippen molar-refractivity contribution < 1.29 is 33.7 Å². The van der Waals surface area contributed by atoms with Crippen LogP contribution in [0.15, 0.2) is 91.0 Å². The molecule has 40 heavy (non-hydrogen) atoms. The molecule has 0 aromatic heterocycles. The molecule has 198 valence electrons. The topological polar surface area (TPSA) is 159 Å². The Kier molecular flexibility index (Phi) is 6.72. The standard InChI is InChI=1S/C28H17N3O9/c32-26-24-13-6-18(14-25(24)27(33)29(26)20-2-1-3-21(15-20)31(37)38)28(34)39-16-17-4-9-22(10-5-17)40-23-11-7-19(8-12-23)30(35)36/h1-15H,16H2. The van der Waals surface area contributed by atoms with Crippen molar-refractivity contribution in [1.82, 2.24) is 0 Å². The minimum atomic E-state index is -0.719. The molecule has 0 spiro atoms. The molecular weight excluding hydrogens is 522 g/mol. The van der Waals surface area contributed by atoms with E-state index in [4.69, 9.17) is 9.47 Å². The number of non-ortho nitro benzene ring substituents is 2. The highest BCUT2D eigenvalue weighted by atomic mass is 16.6. The third-order valence-electron chi connectivity index (χ3n) is 6.00. The lowest BCUT2D eigenvalue weighted by Gasteiger charge is -2.13. The summed E-state index contributed by atoms with van der Waals surface area (Å²) in [5, 5.41) is 21.9. The van der Waals surface area contributed by atoms with Gasteiger partial charge in [0.2, 0.25) is 0 Å². The van der Waals surface area contributed by atoms with Gasteiger partial charge in [-0.1, -0.05) is 18.2 Å². The summed E-state index contributed by atoms with van der Waals surface area (Å²) in [5.41, 5.74) is 0.474. The van der Waals surface area contributed by atoms with Crippen LogP contribution in [0.4, 0.5) is 17.1 Å². The molecular formula is C28H17N3O9. The Morgan fingerprint density at radius 1 is 0.725 bits per heavy atom. The quantitative estimate of drug-likeness (QED) is 0.123. The fourth-order valence-electron chi connectivity index (χ4n) is 4.01. The summed E-state index contributed by atoms with van der Waals surface area (Å²) in [6.07, 6.45) is 0. The molecule has 12 nitrogen and oxygen atoms in total. The third kappa shape index (κ3) is 5.09. The number of rotatable bonds is 8. The van der Waals surface area contributed by atoms with Gasteiger partial charge in [-0.05, 0) is 54.1 Å². The molecule has 0 radical (unpaired) electrons. The number of hydrogen-bond donors (Lipinski definition) is 0. The molecule has 0 saturated heterocycles. The summed E-state index contributed by atoms with van der Waals surface area (Å²) in [6, 6.07) is 21.4. The zero-order valence-electron chi connectivity index (χ0n) is 20.4. The van der Waals surface area contributed by atoms with Crippen molar-refractivity contribution in [3.05, 3.63) is 133 Å². The number of nitro benzene ring substituents is 2. The highest BCUT2D eigenvalue weighted by Gasteiger charge is 2.37. The van der Waals surface area contributed by atoms with Gasteiger partial charge in [0.1, 0.15) is 18.1 Å². The van der Waals surface area contributed by atoms with E-state index in [1.165, 1.54) is 60.7 Å². The van der Waals surface area contributed by atoms with Gasteiger partial charge in [0.25, 0.3) is 23.2 Å². The van der Waals surface area contributed by atoms with E-state index in [-0.39, 0.29) is 40.4 Å². The third-order valence-corrected chi connectivity index (χ3v) is 6.00. The molecule has 4 aromatic carbocycles. The predicted octanol–water partition coefficient (Wildman–Crippen LogP) is 5.45. The van der Waals surface area contributed by atoms with Gasteiger partial charge in [-0.2, -0.15) is 0 Å². The van der Waals surface area contributed by atoms with Crippen LogP contribution in [0.1, 0.15) is 36.6 Å². The van der Waals surface area contributed by atoms with E-state index in [9.17, 15) is 34.6 Å². The number of benzene rings is 4. The molecule has 0 bridgehead atoms. The number of anilines is 1. The Hall–Kier alpha value is -5.91. The average molecular weight is 539 g/mol. The molecule has 0 saturated carbocycles. The highest BCUT2D eigenvalue weighted by Crippen LogP contribution is 2.31. The van der Waals surface area contributed by atoms with E-state index in [1.807, 2.05) is 0 Å². The van der Waals surface area contributed by atoms with Gasteiger partial charge in [0.15, 0.2) is 0 Å².